The third kappa shape index (κ3) is 3.65. The molecule has 0 radical (unpaired) electrons. The van der Waals surface area contributed by atoms with E-state index in [2.05, 4.69) is 55.7 Å². The molecule has 1 heterocycles. The summed E-state index contributed by atoms with van der Waals surface area (Å²) in [5, 5.41) is 7.39. The standard InChI is InChI=1S/C18H27NOS/c1-5-11-19-17(18(3,6-2)20-4)12-14-13-21-16-10-8-7-9-15(14)16/h7-10,13,17,19H,5-6,11-12H2,1-4H3. The molecule has 2 atom stereocenters. The lowest BCUT2D eigenvalue weighted by Crippen LogP contribution is -2.51. The lowest BCUT2D eigenvalue weighted by Gasteiger charge is -2.36. The van der Waals surface area contributed by atoms with Gasteiger partial charge in [0.1, 0.15) is 0 Å². The maximum absolute atomic E-state index is 5.85. The molecule has 0 bridgehead atoms. The lowest BCUT2D eigenvalue weighted by molar-refractivity contribution is -0.0286. The molecule has 2 unspecified atom stereocenters. The topological polar surface area (TPSA) is 21.3 Å². The van der Waals surface area contributed by atoms with Gasteiger partial charge in [0.05, 0.1) is 5.60 Å². The zero-order valence-electron chi connectivity index (χ0n) is 13.6. The van der Waals surface area contributed by atoms with E-state index < -0.39 is 0 Å². The number of nitrogens with one attached hydrogen (secondary N) is 1. The monoisotopic (exact) mass is 305 g/mol. The Kier molecular flexibility index (Phi) is 5.80. The molecule has 0 saturated carbocycles. The highest BCUT2D eigenvalue weighted by molar-refractivity contribution is 7.17. The van der Waals surface area contributed by atoms with Gasteiger partial charge < -0.3 is 10.1 Å². The van der Waals surface area contributed by atoms with Crippen molar-refractivity contribution in [3.63, 3.8) is 0 Å². The highest BCUT2D eigenvalue weighted by Crippen LogP contribution is 2.30. The Labute approximate surface area is 132 Å². The summed E-state index contributed by atoms with van der Waals surface area (Å²) in [7, 11) is 1.83. The summed E-state index contributed by atoms with van der Waals surface area (Å²) < 4.78 is 7.22. The maximum Gasteiger partial charge on any atom is 0.0803 e. The fourth-order valence-electron chi connectivity index (χ4n) is 2.77. The van der Waals surface area contributed by atoms with Crippen LogP contribution < -0.4 is 5.32 Å². The molecule has 2 aromatic rings. The molecule has 3 heteroatoms. The van der Waals surface area contributed by atoms with Gasteiger partial charge in [0.2, 0.25) is 0 Å². The Morgan fingerprint density at radius 2 is 2.05 bits per heavy atom. The predicted molar refractivity (Wildman–Crippen MR) is 93.3 cm³/mol. The molecule has 2 rings (SSSR count). The number of hydrogen-bond donors (Lipinski definition) is 1. The van der Waals surface area contributed by atoms with Gasteiger partial charge in [0.15, 0.2) is 0 Å². The fraction of sp³-hybridized carbons (Fsp3) is 0.556. The number of hydrogen-bond acceptors (Lipinski definition) is 3. The van der Waals surface area contributed by atoms with Gasteiger partial charge >= 0.3 is 0 Å². The first-order valence-electron chi connectivity index (χ1n) is 7.88. The molecule has 1 aromatic carbocycles. The summed E-state index contributed by atoms with van der Waals surface area (Å²) in [6.07, 6.45) is 3.17. The van der Waals surface area contributed by atoms with Gasteiger partial charge in [-0.2, -0.15) is 0 Å². The van der Waals surface area contributed by atoms with Crippen molar-refractivity contribution < 1.29 is 4.74 Å². The minimum atomic E-state index is -0.127. The van der Waals surface area contributed by atoms with Gasteiger partial charge in [-0.05, 0) is 55.1 Å². The van der Waals surface area contributed by atoms with Crippen LogP contribution in [0.1, 0.15) is 39.2 Å². The Bertz CT molecular complexity index is 559. The Balaban J connectivity index is 2.25. The SMILES string of the molecule is CCCNC(Cc1csc2ccccc12)C(C)(CC)OC. The van der Waals surface area contributed by atoms with Crippen LogP contribution in [0.3, 0.4) is 0 Å². The van der Waals surface area contributed by atoms with E-state index in [0.29, 0.717) is 6.04 Å². The fourth-order valence-corrected chi connectivity index (χ4v) is 3.74. The molecule has 1 aromatic heterocycles. The highest BCUT2D eigenvalue weighted by atomic mass is 32.1. The van der Waals surface area contributed by atoms with Gasteiger partial charge in [0.25, 0.3) is 0 Å². The second-order valence-electron chi connectivity index (χ2n) is 5.84. The Morgan fingerprint density at radius 1 is 1.29 bits per heavy atom. The number of benzene rings is 1. The van der Waals surface area contributed by atoms with Crippen molar-refractivity contribution in [2.75, 3.05) is 13.7 Å². The summed E-state index contributed by atoms with van der Waals surface area (Å²) in [5.74, 6) is 0. The molecular weight excluding hydrogens is 278 g/mol. The van der Waals surface area contributed by atoms with Crippen LogP contribution >= 0.6 is 11.3 Å². The summed E-state index contributed by atoms with van der Waals surface area (Å²) >= 11 is 1.84. The average molecular weight is 305 g/mol. The molecule has 0 aliphatic rings. The van der Waals surface area contributed by atoms with Crippen molar-refractivity contribution in [3.05, 3.63) is 35.2 Å². The van der Waals surface area contributed by atoms with Crippen LogP contribution in [0.2, 0.25) is 0 Å². The van der Waals surface area contributed by atoms with Crippen molar-refractivity contribution in [1.82, 2.24) is 5.32 Å². The number of thiophene rings is 1. The Hall–Kier alpha value is -0.900. The van der Waals surface area contributed by atoms with Crippen LogP contribution in [0.15, 0.2) is 29.6 Å². The summed E-state index contributed by atoms with van der Waals surface area (Å²) in [6, 6.07) is 9.01. The van der Waals surface area contributed by atoms with E-state index in [1.165, 1.54) is 15.6 Å². The number of fused-ring (bicyclic) bond motifs is 1. The van der Waals surface area contributed by atoms with Crippen molar-refractivity contribution in [2.24, 2.45) is 0 Å². The van der Waals surface area contributed by atoms with Crippen LogP contribution in [-0.2, 0) is 11.2 Å². The van der Waals surface area contributed by atoms with E-state index >= 15 is 0 Å². The van der Waals surface area contributed by atoms with Gasteiger partial charge in [-0.1, -0.05) is 32.0 Å². The van der Waals surface area contributed by atoms with Gasteiger partial charge in [0, 0.05) is 17.9 Å². The van der Waals surface area contributed by atoms with Crippen molar-refractivity contribution in [2.45, 2.75) is 51.7 Å². The summed E-state index contributed by atoms with van der Waals surface area (Å²) in [5.41, 5.74) is 1.30. The predicted octanol–water partition coefficient (Wildman–Crippen LogP) is 4.63. The van der Waals surface area contributed by atoms with E-state index in [1.807, 2.05) is 18.4 Å². The first-order chi connectivity index (χ1) is 10.1. The number of ether oxygens (including phenoxy) is 1. The van der Waals surface area contributed by atoms with Crippen molar-refractivity contribution in [1.29, 1.82) is 0 Å². The molecule has 21 heavy (non-hydrogen) atoms. The van der Waals surface area contributed by atoms with Crippen LogP contribution in [0, 0.1) is 0 Å². The van der Waals surface area contributed by atoms with Gasteiger partial charge in [-0.3, -0.25) is 0 Å². The molecule has 0 aliphatic carbocycles. The normalized spacial score (nSPS) is 16.0. The largest absolute Gasteiger partial charge is 0.377 e. The highest BCUT2D eigenvalue weighted by Gasteiger charge is 2.32. The van der Waals surface area contributed by atoms with E-state index in [9.17, 15) is 0 Å². The van der Waals surface area contributed by atoms with Gasteiger partial charge in [-0.15, -0.1) is 11.3 Å². The zero-order chi connectivity index (χ0) is 15.3. The summed E-state index contributed by atoms with van der Waals surface area (Å²) in [4.78, 5) is 0. The molecule has 0 amide bonds. The first kappa shape index (κ1) is 16.5. The zero-order valence-corrected chi connectivity index (χ0v) is 14.4. The van der Waals surface area contributed by atoms with Gasteiger partial charge in [-0.25, -0.2) is 0 Å². The minimum Gasteiger partial charge on any atom is -0.377 e. The Morgan fingerprint density at radius 3 is 2.71 bits per heavy atom. The van der Waals surface area contributed by atoms with Crippen molar-refractivity contribution >= 4 is 21.4 Å². The van der Waals surface area contributed by atoms with Crippen LogP contribution in [0.25, 0.3) is 10.1 Å². The number of methoxy groups -OCH3 is 1. The third-order valence-electron chi connectivity index (χ3n) is 4.53. The molecule has 0 fully saturated rings. The average Bonchev–Trinajstić information content (AvgIpc) is 2.93. The maximum atomic E-state index is 5.85. The van der Waals surface area contributed by atoms with Crippen LogP contribution in [0.4, 0.5) is 0 Å². The quantitative estimate of drug-likeness (QED) is 0.768. The lowest BCUT2D eigenvalue weighted by atomic mass is 9.88. The molecule has 0 saturated heterocycles. The van der Waals surface area contributed by atoms with E-state index in [4.69, 9.17) is 4.74 Å². The smallest absolute Gasteiger partial charge is 0.0803 e. The molecular formula is C18H27NOS. The molecule has 0 spiro atoms. The second kappa shape index (κ2) is 7.39. The van der Waals surface area contributed by atoms with E-state index in [-0.39, 0.29) is 5.60 Å². The van der Waals surface area contributed by atoms with Crippen LogP contribution in [0.5, 0.6) is 0 Å². The van der Waals surface area contributed by atoms with Crippen molar-refractivity contribution in [3.8, 4) is 0 Å². The first-order valence-corrected chi connectivity index (χ1v) is 8.76. The molecule has 0 aliphatic heterocycles. The van der Waals surface area contributed by atoms with E-state index in [0.717, 1.165) is 25.8 Å². The number of rotatable bonds is 8. The van der Waals surface area contributed by atoms with E-state index in [1.54, 1.807) is 0 Å². The molecule has 2 nitrogen and oxygen atoms in total. The summed E-state index contributed by atoms with van der Waals surface area (Å²) in [6.45, 7) is 7.66. The minimum absolute atomic E-state index is 0.127. The second-order valence-corrected chi connectivity index (χ2v) is 6.75. The third-order valence-corrected chi connectivity index (χ3v) is 5.54. The molecule has 116 valence electrons. The molecule has 1 N–H and O–H groups in total. The van der Waals surface area contributed by atoms with Crippen LogP contribution in [-0.4, -0.2) is 25.3 Å².